The van der Waals surface area contributed by atoms with Crippen molar-refractivity contribution in [3.8, 4) is 0 Å². The molecule has 0 atom stereocenters. The molecule has 0 aliphatic rings. The first kappa shape index (κ1) is 21.0. The Morgan fingerprint density at radius 1 is 1.04 bits per heavy atom. The third kappa shape index (κ3) is 6.09. The standard InChI is InChI=1S/C19H21F4N3S/c1-3-26(4-2)17-7-5-16(6-8-17)25-18(27)24-12-13-9-14(19(21,22)23)11-15(20)10-13/h5-11H,3-4,12H2,1-2H3,(H2,24,25,27). The van der Waals surface area contributed by atoms with E-state index in [-0.39, 0.29) is 17.2 Å². The molecule has 0 aliphatic carbocycles. The van der Waals surface area contributed by atoms with Crippen LogP contribution >= 0.6 is 12.2 Å². The third-order valence-electron chi connectivity index (χ3n) is 3.99. The topological polar surface area (TPSA) is 27.3 Å². The van der Waals surface area contributed by atoms with Crippen molar-refractivity contribution in [2.24, 2.45) is 0 Å². The van der Waals surface area contributed by atoms with Gasteiger partial charge in [0.2, 0.25) is 0 Å². The molecule has 0 spiro atoms. The van der Waals surface area contributed by atoms with Crippen LogP contribution in [0.15, 0.2) is 42.5 Å². The van der Waals surface area contributed by atoms with Gasteiger partial charge >= 0.3 is 6.18 Å². The molecule has 0 unspecified atom stereocenters. The molecule has 2 aromatic carbocycles. The van der Waals surface area contributed by atoms with E-state index in [9.17, 15) is 17.6 Å². The fourth-order valence-electron chi connectivity index (χ4n) is 2.62. The van der Waals surface area contributed by atoms with Crippen molar-refractivity contribution >= 4 is 28.7 Å². The van der Waals surface area contributed by atoms with Crippen LogP contribution in [-0.2, 0) is 12.7 Å². The number of alkyl halides is 3. The van der Waals surface area contributed by atoms with Crippen LogP contribution in [0, 0.1) is 5.82 Å². The second-order valence-corrected chi connectivity index (χ2v) is 6.28. The summed E-state index contributed by atoms with van der Waals surface area (Å²) in [5.74, 6) is -0.938. The monoisotopic (exact) mass is 399 g/mol. The Morgan fingerprint density at radius 3 is 2.22 bits per heavy atom. The molecule has 2 N–H and O–H groups in total. The van der Waals surface area contributed by atoms with E-state index < -0.39 is 17.6 Å². The van der Waals surface area contributed by atoms with Gasteiger partial charge in [0.1, 0.15) is 5.82 Å². The highest BCUT2D eigenvalue weighted by molar-refractivity contribution is 7.80. The van der Waals surface area contributed by atoms with Crippen molar-refractivity contribution in [3.05, 3.63) is 59.4 Å². The van der Waals surface area contributed by atoms with Crippen LogP contribution in [0.5, 0.6) is 0 Å². The minimum atomic E-state index is -4.60. The lowest BCUT2D eigenvalue weighted by atomic mass is 10.1. The van der Waals surface area contributed by atoms with Crippen LogP contribution in [-0.4, -0.2) is 18.2 Å². The molecule has 2 rings (SSSR count). The molecule has 0 bridgehead atoms. The van der Waals surface area contributed by atoms with Gasteiger partial charge in [-0.05, 0) is 74.1 Å². The lowest BCUT2D eigenvalue weighted by Gasteiger charge is -2.21. The zero-order valence-electron chi connectivity index (χ0n) is 15.0. The normalized spacial score (nSPS) is 11.2. The number of benzene rings is 2. The molecule has 27 heavy (non-hydrogen) atoms. The molecule has 0 aliphatic heterocycles. The minimum absolute atomic E-state index is 0.0236. The number of nitrogens with zero attached hydrogens (tertiary/aromatic N) is 1. The Hall–Kier alpha value is -2.35. The lowest BCUT2D eigenvalue weighted by molar-refractivity contribution is -0.137. The Bertz CT molecular complexity index is 772. The number of thiocarbonyl (C=S) groups is 1. The van der Waals surface area contributed by atoms with Gasteiger partial charge in [0.25, 0.3) is 0 Å². The van der Waals surface area contributed by atoms with Gasteiger partial charge in [-0.2, -0.15) is 13.2 Å². The van der Waals surface area contributed by atoms with Gasteiger partial charge in [-0.25, -0.2) is 4.39 Å². The smallest absolute Gasteiger partial charge is 0.372 e. The molecule has 0 heterocycles. The fraction of sp³-hybridized carbons (Fsp3) is 0.316. The Labute approximate surface area is 161 Å². The molecular formula is C19H21F4N3S. The van der Waals surface area contributed by atoms with Crippen molar-refractivity contribution in [2.75, 3.05) is 23.3 Å². The van der Waals surface area contributed by atoms with Gasteiger partial charge in [0.15, 0.2) is 5.11 Å². The second kappa shape index (κ2) is 9.03. The van der Waals surface area contributed by atoms with Gasteiger partial charge in [-0.15, -0.1) is 0 Å². The summed E-state index contributed by atoms with van der Waals surface area (Å²) in [6, 6.07) is 10.1. The van der Waals surface area contributed by atoms with E-state index in [1.807, 2.05) is 24.3 Å². The summed E-state index contributed by atoms with van der Waals surface area (Å²) in [5, 5.41) is 5.99. The van der Waals surface area contributed by atoms with Crippen molar-refractivity contribution in [2.45, 2.75) is 26.6 Å². The summed E-state index contributed by atoms with van der Waals surface area (Å²) in [6.45, 7) is 5.93. The van der Waals surface area contributed by atoms with Gasteiger partial charge in [-0.1, -0.05) is 0 Å². The van der Waals surface area contributed by atoms with Gasteiger partial charge in [-0.3, -0.25) is 0 Å². The van der Waals surface area contributed by atoms with Gasteiger partial charge < -0.3 is 15.5 Å². The van der Waals surface area contributed by atoms with E-state index >= 15 is 0 Å². The molecule has 0 fully saturated rings. The zero-order chi connectivity index (χ0) is 20.0. The van der Waals surface area contributed by atoms with Crippen molar-refractivity contribution < 1.29 is 17.6 Å². The first-order chi connectivity index (χ1) is 12.7. The maximum Gasteiger partial charge on any atom is 0.416 e. The lowest BCUT2D eigenvalue weighted by Crippen LogP contribution is -2.28. The van der Waals surface area contributed by atoms with E-state index in [1.54, 1.807) is 0 Å². The van der Waals surface area contributed by atoms with Crippen LogP contribution in [0.2, 0.25) is 0 Å². The first-order valence-corrected chi connectivity index (χ1v) is 8.90. The molecular weight excluding hydrogens is 378 g/mol. The quantitative estimate of drug-likeness (QED) is 0.517. The highest BCUT2D eigenvalue weighted by atomic mass is 32.1. The molecule has 0 saturated carbocycles. The highest BCUT2D eigenvalue weighted by Gasteiger charge is 2.31. The average molecular weight is 399 g/mol. The van der Waals surface area contributed by atoms with Crippen LogP contribution < -0.4 is 15.5 Å². The SMILES string of the molecule is CCN(CC)c1ccc(NC(=S)NCc2cc(F)cc(C(F)(F)F)c2)cc1. The molecule has 0 saturated heterocycles. The molecule has 8 heteroatoms. The molecule has 3 nitrogen and oxygen atoms in total. The number of hydrogen-bond acceptors (Lipinski definition) is 2. The summed E-state index contributed by atoms with van der Waals surface area (Å²) >= 11 is 5.16. The van der Waals surface area contributed by atoms with E-state index in [0.717, 1.165) is 36.6 Å². The molecule has 0 amide bonds. The number of rotatable bonds is 6. The van der Waals surface area contributed by atoms with Crippen LogP contribution in [0.1, 0.15) is 25.0 Å². The molecule has 0 radical (unpaired) electrons. The number of nitrogens with one attached hydrogen (secondary N) is 2. The Balaban J connectivity index is 1.96. The van der Waals surface area contributed by atoms with E-state index in [0.29, 0.717) is 6.07 Å². The molecule has 2 aromatic rings. The summed E-state index contributed by atoms with van der Waals surface area (Å²) in [5.41, 5.74) is 0.969. The Kier molecular flexibility index (Phi) is 7.01. The minimum Gasteiger partial charge on any atom is -0.372 e. The van der Waals surface area contributed by atoms with Crippen molar-refractivity contribution in [1.82, 2.24) is 5.32 Å². The summed E-state index contributed by atoms with van der Waals surface area (Å²) in [6.07, 6.45) is -4.60. The Morgan fingerprint density at radius 2 is 1.67 bits per heavy atom. The summed E-state index contributed by atoms with van der Waals surface area (Å²) in [4.78, 5) is 2.20. The van der Waals surface area contributed by atoms with E-state index in [1.165, 1.54) is 0 Å². The zero-order valence-corrected chi connectivity index (χ0v) is 15.8. The van der Waals surface area contributed by atoms with Gasteiger partial charge in [0.05, 0.1) is 5.56 Å². The van der Waals surface area contributed by atoms with Crippen LogP contribution in [0.25, 0.3) is 0 Å². The molecule has 146 valence electrons. The van der Waals surface area contributed by atoms with Crippen LogP contribution in [0.4, 0.5) is 28.9 Å². The second-order valence-electron chi connectivity index (χ2n) is 5.87. The van der Waals surface area contributed by atoms with Crippen molar-refractivity contribution in [1.29, 1.82) is 0 Å². The fourth-order valence-corrected chi connectivity index (χ4v) is 2.81. The largest absolute Gasteiger partial charge is 0.416 e. The predicted octanol–water partition coefficient (Wildman–Crippen LogP) is 5.18. The number of halogens is 4. The molecule has 0 aromatic heterocycles. The van der Waals surface area contributed by atoms with Gasteiger partial charge in [0, 0.05) is 31.0 Å². The maximum absolute atomic E-state index is 13.4. The summed E-state index contributed by atoms with van der Waals surface area (Å²) < 4.78 is 51.6. The summed E-state index contributed by atoms with van der Waals surface area (Å²) in [7, 11) is 0. The van der Waals surface area contributed by atoms with E-state index in [2.05, 4.69) is 29.4 Å². The van der Waals surface area contributed by atoms with Crippen molar-refractivity contribution in [3.63, 3.8) is 0 Å². The number of anilines is 2. The number of hydrogen-bond donors (Lipinski definition) is 2. The maximum atomic E-state index is 13.4. The first-order valence-electron chi connectivity index (χ1n) is 8.49. The van der Waals surface area contributed by atoms with Crippen LogP contribution in [0.3, 0.4) is 0 Å². The predicted molar refractivity (Wildman–Crippen MR) is 104 cm³/mol. The average Bonchev–Trinajstić information content (AvgIpc) is 2.61. The third-order valence-corrected chi connectivity index (χ3v) is 4.24. The highest BCUT2D eigenvalue weighted by Crippen LogP contribution is 2.30. The van der Waals surface area contributed by atoms with E-state index in [4.69, 9.17) is 12.2 Å².